The van der Waals surface area contributed by atoms with Crippen molar-refractivity contribution in [3.05, 3.63) is 65.3 Å². The van der Waals surface area contributed by atoms with Gasteiger partial charge in [0.25, 0.3) is 0 Å². The van der Waals surface area contributed by atoms with E-state index in [2.05, 4.69) is 5.10 Å². The van der Waals surface area contributed by atoms with Crippen LogP contribution in [0.3, 0.4) is 0 Å². The molecule has 0 radical (unpaired) electrons. The van der Waals surface area contributed by atoms with Crippen molar-refractivity contribution in [2.75, 3.05) is 0 Å². The quantitative estimate of drug-likeness (QED) is 0.704. The summed E-state index contributed by atoms with van der Waals surface area (Å²) < 4.78 is 7.91. The standard InChI is InChI=1S/C19H19ClN2O2/c1-13(2)22-19(24-16-10-6-9-15(20)11-16)18(17(12-23)21-22)14-7-4-3-5-8-14/h3-11,13,23H,12H2,1-2H3. The summed E-state index contributed by atoms with van der Waals surface area (Å²) in [5.41, 5.74) is 2.34. The molecule has 4 nitrogen and oxygen atoms in total. The first-order chi connectivity index (χ1) is 11.6. The number of halogens is 1. The molecule has 0 aliphatic rings. The Balaban J connectivity index is 2.16. The lowest BCUT2D eigenvalue weighted by molar-refractivity contribution is 0.274. The molecule has 0 unspecified atom stereocenters. The monoisotopic (exact) mass is 342 g/mol. The molecule has 0 fully saturated rings. The Bertz CT molecular complexity index is 829. The minimum absolute atomic E-state index is 0.0851. The number of rotatable bonds is 5. The predicted molar refractivity (Wildman–Crippen MR) is 95.5 cm³/mol. The van der Waals surface area contributed by atoms with Crippen molar-refractivity contribution >= 4 is 11.6 Å². The summed E-state index contributed by atoms with van der Waals surface area (Å²) in [6, 6.07) is 17.1. The van der Waals surface area contributed by atoms with Gasteiger partial charge in [0, 0.05) is 5.02 Å². The Hall–Kier alpha value is -2.30. The smallest absolute Gasteiger partial charge is 0.226 e. The van der Waals surface area contributed by atoms with Gasteiger partial charge in [0.15, 0.2) is 0 Å². The second-order valence-corrected chi connectivity index (χ2v) is 6.19. The molecular weight excluding hydrogens is 324 g/mol. The molecule has 124 valence electrons. The summed E-state index contributed by atoms with van der Waals surface area (Å²) in [7, 11) is 0. The highest BCUT2D eigenvalue weighted by Crippen LogP contribution is 2.38. The molecule has 24 heavy (non-hydrogen) atoms. The van der Waals surface area contributed by atoms with E-state index in [1.54, 1.807) is 16.8 Å². The van der Waals surface area contributed by atoms with E-state index in [-0.39, 0.29) is 12.6 Å². The minimum Gasteiger partial charge on any atom is -0.439 e. The molecule has 0 spiro atoms. The number of nitrogens with zero attached hydrogens (tertiary/aromatic N) is 2. The maximum Gasteiger partial charge on any atom is 0.226 e. The van der Waals surface area contributed by atoms with Gasteiger partial charge in [-0.15, -0.1) is 0 Å². The number of hydrogen-bond donors (Lipinski definition) is 1. The highest BCUT2D eigenvalue weighted by atomic mass is 35.5. The summed E-state index contributed by atoms with van der Waals surface area (Å²) in [5, 5.41) is 14.9. The summed E-state index contributed by atoms with van der Waals surface area (Å²) in [6.07, 6.45) is 0. The molecule has 0 aliphatic heterocycles. The summed E-state index contributed by atoms with van der Waals surface area (Å²) in [6.45, 7) is 3.89. The van der Waals surface area contributed by atoms with Crippen LogP contribution in [0.2, 0.25) is 5.02 Å². The van der Waals surface area contributed by atoms with Crippen molar-refractivity contribution < 1.29 is 9.84 Å². The predicted octanol–water partition coefficient (Wildman–Crippen LogP) is 5.07. The van der Waals surface area contributed by atoms with E-state index in [0.29, 0.717) is 22.3 Å². The van der Waals surface area contributed by atoms with Crippen LogP contribution >= 0.6 is 11.6 Å². The van der Waals surface area contributed by atoms with E-state index < -0.39 is 0 Å². The molecule has 0 atom stereocenters. The first kappa shape index (κ1) is 16.6. The van der Waals surface area contributed by atoms with Gasteiger partial charge in [0.1, 0.15) is 5.75 Å². The van der Waals surface area contributed by atoms with Crippen molar-refractivity contribution in [3.8, 4) is 22.8 Å². The molecular formula is C19H19ClN2O2. The van der Waals surface area contributed by atoms with Gasteiger partial charge in [-0.05, 0) is 37.6 Å². The number of aromatic nitrogens is 2. The van der Waals surface area contributed by atoms with Crippen LogP contribution in [0, 0.1) is 0 Å². The van der Waals surface area contributed by atoms with Gasteiger partial charge in [-0.25, -0.2) is 4.68 Å². The van der Waals surface area contributed by atoms with Crippen LogP contribution < -0.4 is 4.74 Å². The van der Waals surface area contributed by atoms with Gasteiger partial charge in [-0.2, -0.15) is 5.10 Å². The van der Waals surface area contributed by atoms with Crippen LogP contribution in [0.25, 0.3) is 11.1 Å². The third-order valence-corrected chi connectivity index (χ3v) is 3.89. The maximum absolute atomic E-state index is 9.76. The second-order valence-electron chi connectivity index (χ2n) is 5.75. The molecule has 1 heterocycles. The zero-order valence-electron chi connectivity index (χ0n) is 13.6. The zero-order chi connectivity index (χ0) is 17.1. The molecule has 1 aromatic heterocycles. The van der Waals surface area contributed by atoms with E-state index in [4.69, 9.17) is 16.3 Å². The fourth-order valence-electron chi connectivity index (χ4n) is 2.56. The normalized spacial score (nSPS) is 11.0. The summed E-state index contributed by atoms with van der Waals surface area (Å²) in [4.78, 5) is 0. The van der Waals surface area contributed by atoms with Gasteiger partial charge < -0.3 is 9.84 Å². The van der Waals surface area contributed by atoms with E-state index in [1.807, 2.05) is 56.3 Å². The lowest BCUT2D eigenvalue weighted by Gasteiger charge is -2.14. The Labute approximate surface area is 146 Å². The van der Waals surface area contributed by atoms with E-state index in [9.17, 15) is 5.11 Å². The molecule has 2 aromatic carbocycles. The summed E-state index contributed by atoms with van der Waals surface area (Å²) in [5.74, 6) is 1.23. The molecule has 0 saturated heterocycles. The molecule has 3 aromatic rings. The first-order valence-corrected chi connectivity index (χ1v) is 8.19. The van der Waals surface area contributed by atoms with Crippen LogP contribution in [-0.2, 0) is 6.61 Å². The topological polar surface area (TPSA) is 47.3 Å². The second kappa shape index (κ2) is 7.07. The van der Waals surface area contributed by atoms with Crippen LogP contribution in [0.1, 0.15) is 25.6 Å². The number of hydrogen-bond acceptors (Lipinski definition) is 3. The third kappa shape index (κ3) is 3.30. The number of aliphatic hydroxyl groups excluding tert-OH is 1. The average molecular weight is 343 g/mol. The van der Waals surface area contributed by atoms with Crippen molar-refractivity contribution in [1.82, 2.24) is 9.78 Å². The molecule has 0 bridgehead atoms. The lowest BCUT2D eigenvalue weighted by Crippen LogP contribution is -2.05. The van der Waals surface area contributed by atoms with Crippen molar-refractivity contribution in [3.63, 3.8) is 0 Å². The number of aliphatic hydroxyl groups is 1. The van der Waals surface area contributed by atoms with Crippen molar-refractivity contribution in [1.29, 1.82) is 0 Å². The van der Waals surface area contributed by atoms with Gasteiger partial charge >= 0.3 is 0 Å². The molecule has 0 aliphatic carbocycles. The van der Waals surface area contributed by atoms with E-state index in [1.165, 1.54) is 0 Å². The van der Waals surface area contributed by atoms with Gasteiger partial charge in [0.2, 0.25) is 5.88 Å². The van der Waals surface area contributed by atoms with Crippen molar-refractivity contribution in [2.45, 2.75) is 26.5 Å². The fourth-order valence-corrected chi connectivity index (χ4v) is 2.74. The van der Waals surface area contributed by atoms with Crippen LogP contribution in [0.5, 0.6) is 11.6 Å². The van der Waals surface area contributed by atoms with Crippen molar-refractivity contribution in [2.24, 2.45) is 0 Å². The van der Waals surface area contributed by atoms with Gasteiger partial charge in [-0.3, -0.25) is 0 Å². The minimum atomic E-state index is -0.157. The summed E-state index contributed by atoms with van der Waals surface area (Å²) >= 11 is 6.06. The largest absolute Gasteiger partial charge is 0.439 e. The molecule has 3 rings (SSSR count). The number of benzene rings is 2. The highest BCUT2D eigenvalue weighted by Gasteiger charge is 2.22. The third-order valence-electron chi connectivity index (χ3n) is 3.65. The zero-order valence-corrected chi connectivity index (χ0v) is 14.4. The molecule has 1 N–H and O–H groups in total. The molecule has 5 heteroatoms. The van der Waals surface area contributed by atoms with E-state index >= 15 is 0 Å². The lowest BCUT2D eigenvalue weighted by atomic mass is 10.1. The maximum atomic E-state index is 9.76. The fraction of sp³-hybridized carbons (Fsp3) is 0.211. The Morgan fingerprint density at radius 1 is 1.12 bits per heavy atom. The molecule has 0 amide bonds. The highest BCUT2D eigenvalue weighted by molar-refractivity contribution is 6.30. The van der Waals surface area contributed by atoms with Gasteiger partial charge in [0.05, 0.1) is 23.9 Å². The van der Waals surface area contributed by atoms with Gasteiger partial charge in [-0.1, -0.05) is 48.0 Å². The SMILES string of the molecule is CC(C)n1nc(CO)c(-c2ccccc2)c1Oc1cccc(Cl)c1. The Morgan fingerprint density at radius 2 is 1.88 bits per heavy atom. The van der Waals surface area contributed by atoms with Crippen LogP contribution in [0.4, 0.5) is 0 Å². The van der Waals surface area contributed by atoms with Crippen LogP contribution in [0.15, 0.2) is 54.6 Å². The molecule has 0 saturated carbocycles. The number of ether oxygens (including phenoxy) is 1. The van der Waals surface area contributed by atoms with E-state index in [0.717, 1.165) is 11.1 Å². The first-order valence-electron chi connectivity index (χ1n) is 7.81. The Kier molecular flexibility index (Phi) is 4.88. The van der Waals surface area contributed by atoms with Crippen LogP contribution in [-0.4, -0.2) is 14.9 Å². The average Bonchev–Trinajstić information content (AvgIpc) is 2.94. The Morgan fingerprint density at radius 3 is 2.50 bits per heavy atom.